The summed E-state index contributed by atoms with van der Waals surface area (Å²) in [5, 5.41) is 7.77. The smallest absolute Gasteiger partial charge is 0.229 e. The molecule has 3 rings (SSSR count). The van der Waals surface area contributed by atoms with Gasteiger partial charge in [-0.1, -0.05) is 50.6 Å². The second-order valence-corrected chi connectivity index (χ2v) is 7.99. The van der Waals surface area contributed by atoms with E-state index in [1.54, 1.807) is 11.8 Å². The van der Waals surface area contributed by atoms with Crippen molar-refractivity contribution in [2.45, 2.75) is 39.5 Å². The molecule has 0 spiro atoms. The Balaban J connectivity index is 1.85. The Kier molecular flexibility index (Phi) is 5.54. The number of aryl methyl sites for hydroxylation is 1. The summed E-state index contributed by atoms with van der Waals surface area (Å²) >= 11 is 0. The van der Waals surface area contributed by atoms with Gasteiger partial charge in [0.25, 0.3) is 0 Å². The topological polar surface area (TPSA) is 56.1 Å². The van der Waals surface area contributed by atoms with Crippen molar-refractivity contribution in [1.29, 1.82) is 0 Å². The molecule has 5 nitrogen and oxygen atoms in total. The summed E-state index contributed by atoms with van der Waals surface area (Å²) in [6, 6.07) is 17.6. The molecule has 2 aromatic carbocycles. The molecule has 0 fully saturated rings. The van der Waals surface area contributed by atoms with Gasteiger partial charge in [-0.3, -0.25) is 4.79 Å². The van der Waals surface area contributed by atoms with Crippen LogP contribution in [0.15, 0.2) is 54.6 Å². The number of hydrogen-bond donors (Lipinski definition) is 1. The maximum Gasteiger partial charge on any atom is 0.229 e. The second kappa shape index (κ2) is 7.89. The molecule has 1 amide bonds. The maximum absolute atomic E-state index is 12.6. The van der Waals surface area contributed by atoms with Crippen LogP contribution in [0.25, 0.3) is 5.69 Å². The second-order valence-electron chi connectivity index (χ2n) is 7.99. The first kappa shape index (κ1) is 19.7. The van der Waals surface area contributed by atoms with Gasteiger partial charge in [0.1, 0.15) is 11.6 Å². The fourth-order valence-electron chi connectivity index (χ4n) is 2.84. The third-order valence-electron chi connectivity index (χ3n) is 4.55. The van der Waals surface area contributed by atoms with Gasteiger partial charge in [-0.15, -0.1) is 0 Å². The number of rotatable bonds is 5. The minimum atomic E-state index is -0.120. The summed E-state index contributed by atoms with van der Waals surface area (Å²) in [6.45, 7) is 8.37. The number of anilines is 1. The molecule has 0 saturated carbocycles. The van der Waals surface area contributed by atoms with Gasteiger partial charge in [0.15, 0.2) is 0 Å². The molecule has 1 heterocycles. The van der Waals surface area contributed by atoms with E-state index in [1.165, 1.54) is 5.56 Å². The van der Waals surface area contributed by atoms with Gasteiger partial charge in [0, 0.05) is 11.5 Å². The van der Waals surface area contributed by atoms with Gasteiger partial charge in [0.2, 0.25) is 5.91 Å². The first-order valence-electron chi connectivity index (χ1n) is 9.36. The highest BCUT2D eigenvalue weighted by atomic mass is 16.5. The fraction of sp³-hybridized carbons (Fsp3) is 0.304. The third kappa shape index (κ3) is 4.60. The zero-order chi connectivity index (χ0) is 20.3. The van der Waals surface area contributed by atoms with Crippen LogP contribution in [0.4, 0.5) is 5.82 Å². The Morgan fingerprint density at radius 2 is 1.71 bits per heavy atom. The number of carbonyl (C=O) groups excluding carboxylic acids is 1. The lowest BCUT2D eigenvalue weighted by atomic mass is 9.92. The van der Waals surface area contributed by atoms with Crippen molar-refractivity contribution in [2.75, 3.05) is 12.4 Å². The normalized spacial score (nSPS) is 11.3. The van der Waals surface area contributed by atoms with Crippen molar-refractivity contribution in [3.8, 4) is 11.4 Å². The average molecular weight is 377 g/mol. The van der Waals surface area contributed by atoms with E-state index in [0.717, 1.165) is 22.7 Å². The molecule has 3 aromatic rings. The number of nitrogens with zero attached hydrogens (tertiary/aromatic N) is 2. The van der Waals surface area contributed by atoms with E-state index in [1.807, 2.05) is 61.5 Å². The molecule has 1 N–H and O–H groups in total. The highest BCUT2D eigenvalue weighted by Crippen LogP contribution is 2.26. The van der Waals surface area contributed by atoms with Crippen LogP contribution >= 0.6 is 0 Å². The van der Waals surface area contributed by atoms with E-state index < -0.39 is 0 Å². The lowest BCUT2D eigenvalue weighted by Crippen LogP contribution is -2.17. The number of hydrogen-bond acceptors (Lipinski definition) is 3. The molecular formula is C23H27N3O2. The van der Waals surface area contributed by atoms with E-state index in [-0.39, 0.29) is 17.7 Å². The lowest BCUT2D eigenvalue weighted by Gasteiger charge is -2.14. The van der Waals surface area contributed by atoms with Crippen LogP contribution in [0, 0.1) is 6.92 Å². The molecule has 146 valence electrons. The van der Waals surface area contributed by atoms with Gasteiger partial charge in [-0.2, -0.15) is 5.10 Å². The molecule has 0 aliphatic rings. The number of ether oxygens (including phenoxy) is 1. The molecule has 0 saturated heterocycles. The minimum absolute atomic E-state index is 0.0844. The number of aromatic nitrogens is 2. The van der Waals surface area contributed by atoms with Crippen molar-refractivity contribution >= 4 is 11.7 Å². The number of benzene rings is 2. The summed E-state index contributed by atoms with van der Waals surface area (Å²) < 4.78 is 6.96. The summed E-state index contributed by atoms with van der Waals surface area (Å²) in [5.41, 5.74) is 3.83. The van der Waals surface area contributed by atoms with Gasteiger partial charge >= 0.3 is 0 Å². The summed E-state index contributed by atoms with van der Waals surface area (Å²) in [4.78, 5) is 12.6. The number of carbonyl (C=O) groups is 1. The van der Waals surface area contributed by atoms with Gasteiger partial charge < -0.3 is 10.1 Å². The van der Waals surface area contributed by atoms with Crippen LogP contribution < -0.4 is 10.1 Å². The number of amides is 1. The fourth-order valence-corrected chi connectivity index (χ4v) is 2.84. The Bertz CT molecular complexity index is 949. The first-order valence-corrected chi connectivity index (χ1v) is 9.36. The van der Waals surface area contributed by atoms with Crippen LogP contribution in [-0.2, 0) is 16.6 Å². The predicted molar refractivity (Wildman–Crippen MR) is 112 cm³/mol. The zero-order valence-corrected chi connectivity index (χ0v) is 17.1. The summed E-state index contributed by atoms with van der Waals surface area (Å²) in [6.07, 6.45) is 0.286. The Hall–Kier alpha value is -3.08. The highest BCUT2D eigenvalue weighted by Gasteiger charge is 2.21. The quantitative estimate of drug-likeness (QED) is 0.703. The van der Waals surface area contributed by atoms with Crippen LogP contribution in [0.5, 0.6) is 5.75 Å². The average Bonchev–Trinajstić information content (AvgIpc) is 3.07. The molecule has 28 heavy (non-hydrogen) atoms. The van der Waals surface area contributed by atoms with Gasteiger partial charge in [-0.25, -0.2) is 4.68 Å². The molecule has 5 heteroatoms. The lowest BCUT2D eigenvalue weighted by molar-refractivity contribution is -0.115. The predicted octanol–water partition coefficient (Wildman–Crippen LogP) is 4.67. The molecule has 0 radical (unpaired) electrons. The van der Waals surface area contributed by atoms with E-state index in [9.17, 15) is 4.79 Å². The largest absolute Gasteiger partial charge is 0.497 e. The molecule has 0 unspecified atom stereocenters. The highest BCUT2D eigenvalue weighted by molar-refractivity contribution is 5.91. The molecule has 1 aromatic heterocycles. The van der Waals surface area contributed by atoms with Crippen molar-refractivity contribution in [1.82, 2.24) is 9.78 Å². The molecule has 0 bridgehead atoms. The van der Waals surface area contributed by atoms with Crippen molar-refractivity contribution < 1.29 is 9.53 Å². The summed E-state index contributed by atoms with van der Waals surface area (Å²) in [7, 11) is 1.63. The van der Waals surface area contributed by atoms with Gasteiger partial charge in [0.05, 0.1) is 24.9 Å². The third-order valence-corrected chi connectivity index (χ3v) is 4.55. The van der Waals surface area contributed by atoms with Crippen LogP contribution in [0.3, 0.4) is 0 Å². The number of nitrogens with one attached hydrogen (secondary N) is 1. The van der Waals surface area contributed by atoms with Crippen LogP contribution in [0.2, 0.25) is 0 Å². The first-order chi connectivity index (χ1) is 13.3. The van der Waals surface area contributed by atoms with Crippen LogP contribution in [0.1, 0.15) is 37.6 Å². The van der Waals surface area contributed by atoms with E-state index in [0.29, 0.717) is 5.82 Å². The van der Waals surface area contributed by atoms with Crippen molar-refractivity contribution in [3.63, 3.8) is 0 Å². The van der Waals surface area contributed by atoms with E-state index in [2.05, 4.69) is 26.1 Å². The SMILES string of the molecule is COc1ccc(CC(=O)Nc2cc(C(C)(C)C)nn2-c2ccc(C)cc2)cc1. The summed E-state index contributed by atoms with van der Waals surface area (Å²) in [5.74, 6) is 1.36. The monoisotopic (exact) mass is 377 g/mol. The molecule has 0 aliphatic carbocycles. The zero-order valence-electron chi connectivity index (χ0n) is 17.1. The standard InChI is InChI=1S/C23H27N3O2/c1-16-6-10-18(11-7-16)26-21(15-20(25-26)23(2,3)4)24-22(27)14-17-8-12-19(28-5)13-9-17/h6-13,15H,14H2,1-5H3,(H,24,27). The molecule has 0 atom stereocenters. The van der Waals surface area contributed by atoms with Crippen molar-refractivity contribution in [3.05, 3.63) is 71.4 Å². The van der Waals surface area contributed by atoms with Crippen LogP contribution in [-0.4, -0.2) is 22.8 Å². The maximum atomic E-state index is 12.6. The van der Waals surface area contributed by atoms with E-state index >= 15 is 0 Å². The van der Waals surface area contributed by atoms with Crippen molar-refractivity contribution in [2.24, 2.45) is 0 Å². The molecule has 0 aliphatic heterocycles. The Morgan fingerprint density at radius 1 is 1.07 bits per heavy atom. The Morgan fingerprint density at radius 3 is 2.29 bits per heavy atom. The minimum Gasteiger partial charge on any atom is -0.497 e. The van der Waals surface area contributed by atoms with E-state index in [4.69, 9.17) is 9.84 Å². The number of methoxy groups -OCH3 is 1. The Labute approximate surface area is 166 Å². The molecular weight excluding hydrogens is 350 g/mol. The van der Waals surface area contributed by atoms with Gasteiger partial charge in [-0.05, 0) is 36.8 Å².